The predicted molar refractivity (Wildman–Crippen MR) is 79.9 cm³/mol. The molecule has 0 fully saturated rings. The third-order valence-electron chi connectivity index (χ3n) is 2.89. The molecule has 0 amide bonds. The Morgan fingerprint density at radius 3 is 2.52 bits per heavy atom. The molecule has 1 aromatic heterocycles. The Morgan fingerprint density at radius 2 is 1.91 bits per heavy atom. The molecule has 0 spiro atoms. The van der Waals surface area contributed by atoms with E-state index in [0.717, 1.165) is 0 Å². The van der Waals surface area contributed by atoms with E-state index in [4.69, 9.17) is 4.74 Å². The van der Waals surface area contributed by atoms with Crippen LogP contribution < -0.4 is 10.1 Å². The van der Waals surface area contributed by atoms with E-state index in [0.29, 0.717) is 23.1 Å². The summed E-state index contributed by atoms with van der Waals surface area (Å²) in [6.07, 6.45) is -1.56. The number of anilines is 1. The number of aromatic nitrogens is 1. The molecule has 2 rings (SSSR count). The fraction of sp³-hybridized carbons (Fsp3) is 0.125. The molecule has 0 unspecified atom stereocenters. The van der Waals surface area contributed by atoms with Gasteiger partial charge in [-0.3, -0.25) is 9.78 Å². The van der Waals surface area contributed by atoms with Crippen molar-refractivity contribution in [2.24, 2.45) is 0 Å². The number of allylic oxidation sites excluding steroid dienone is 1. The molecule has 1 N–H and O–H groups in total. The topological polar surface area (TPSA) is 51.2 Å². The Hall–Kier alpha value is -2.83. The second-order valence-electron chi connectivity index (χ2n) is 4.51. The zero-order chi connectivity index (χ0) is 16.9. The standard InChI is InChI=1S/C16H13F3N2O2/c1-23-13-4-2-3-12(9-13)21-14(10-15(22)16(17,18)19)11-5-7-20-8-6-11/h2-10,21H,1H3/b14-10-. The summed E-state index contributed by atoms with van der Waals surface area (Å²) >= 11 is 0. The van der Waals surface area contributed by atoms with Crippen LogP contribution in [0.1, 0.15) is 5.56 Å². The fourth-order valence-corrected chi connectivity index (χ4v) is 1.79. The van der Waals surface area contributed by atoms with Gasteiger partial charge < -0.3 is 10.1 Å². The van der Waals surface area contributed by atoms with E-state index in [1.165, 1.54) is 31.6 Å². The van der Waals surface area contributed by atoms with Gasteiger partial charge in [0, 0.05) is 41.5 Å². The van der Waals surface area contributed by atoms with Crippen molar-refractivity contribution in [1.82, 2.24) is 4.98 Å². The molecule has 4 nitrogen and oxygen atoms in total. The summed E-state index contributed by atoms with van der Waals surface area (Å²) in [6, 6.07) is 9.63. The van der Waals surface area contributed by atoms with Crippen molar-refractivity contribution in [3.63, 3.8) is 0 Å². The number of benzene rings is 1. The number of nitrogens with one attached hydrogen (secondary N) is 1. The summed E-state index contributed by atoms with van der Waals surface area (Å²) in [7, 11) is 1.48. The third kappa shape index (κ3) is 4.57. The first-order chi connectivity index (χ1) is 10.9. The molecule has 0 saturated carbocycles. The van der Waals surface area contributed by atoms with E-state index < -0.39 is 12.0 Å². The lowest BCUT2D eigenvalue weighted by molar-refractivity contribution is -0.165. The third-order valence-corrected chi connectivity index (χ3v) is 2.89. The van der Waals surface area contributed by atoms with Crippen molar-refractivity contribution in [3.05, 3.63) is 60.4 Å². The second kappa shape index (κ2) is 6.95. The summed E-state index contributed by atoms with van der Waals surface area (Å²) < 4.78 is 42.6. The molecule has 1 heterocycles. The molecular formula is C16H13F3N2O2. The Balaban J connectivity index is 2.38. The van der Waals surface area contributed by atoms with Gasteiger partial charge in [-0.2, -0.15) is 13.2 Å². The molecule has 0 atom stereocenters. The molecule has 0 bridgehead atoms. The van der Waals surface area contributed by atoms with Crippen LogP contribution in [-0.2, 0) is 4.79 Å². The smallest absolute Gasteiger partial charge is 0.454 e. The highest BCUT2D eigenvalue weighted by atomic mass is 19.4. The fourth-order valence-electron chi connectivity index (χ4n) is 1.79. The summed E-state index contributed by atoms with van der Waals surface area (Å²) in [5.41, 5.74) is 0.908. The SMILES string of the molecule is COc1cccc(N/C(=C\C(=O)C(F)(F)F)c2ccncc2)c1. The van der Waals surface area contributed by atoms with Crippen LogP contribution in [0.3, 0.4) is 0 Å². The minimum atomic E-state index is -4.94. The molecule has 7 heteroatoms. The summed E-state index contributed by atoms with van der Waals surface area (Å²) in [5, 5.41) is 2.81. The number of methoxy groups -OCH3 is 1. The Bertz CT molecular complexity index is 713. The van der Waals surface area contributed by atoms with Gasteiger partial charge in [0.2, 0.25) is 0 Å². The molecule has 0 aliphatic heterocycles. The highest BCUT2D eigenvalue weighted by molar-refractivity contribution is 6.02. The maximum Gasteiger partial charge on any atom is 0.454 e. The Morgan fingerprint density at radius 1 is 1.22 bits per heavy atom. The molecule has 0 saturated heterocycles. The van der Waals surface area contributed by atoms with Crippen LogP contribution in [0.2, 0.25) is 0 Å². The summed E-state index contributed by atoms with van der Waals surface area (Å²) in [5.74, 6) is -1.41. The number of halogens is 3. The summed E-state index contributed by atoms with van der Waals surface area (Å²) in [4.78, 5) is 15.1. The van der Waals surface area contributed by atoms with Crippen molar-refractivity contribution < 1.29 is 22.7 Å². The van der Waals surface area contributed by atoms with Crippen molar-refractivity contribution >= 4 is 17.2 Å². The maximum atomic E-state index is 12.5. The normalized spacial score (nSPS) is 11.9. The molecule has 23 heavy (non-hydrogen) atoms. The van der Waals surface area contributed by atoms with Crippen molar-refractivity contribution in [2.75, 3.05) is 12.4 Å². The van der Waals surface area contributed by atoms with Crippen LogP contribution in [0.15, 0.2) is 54.9 Å². The Kier molecular flexibility index (Phi) is 5.00. The van der Waals surface area contributed by atoms with E-state index in [9.17, 15) is 18.0 Å². The molecule has 0 aliphatic carbocycles. The lowest BCUT2D eigenvalue weighted by Crippen LogP contribution is -2.21. The lowest BCUT2D eigenvalue weighted by Gasteiger charge is -2.13. The predicted octanol–water partition coefficient (Wildman–Crippen LogP) is 3.67. The number of nitrogens with zero attached hydrogens (tertiary/aromatic N) is 1. The Labute approximate surface area is 130 Å². The number of carbonyl (C=O) groups excluding carboxylic acids is 1. The molecular weight excluding hydrogens is 309 g/mol. The van der Waals surface area contributed by atoms with E-state index in [1.54, 1.807) is 24.3 Å². The van der Waals surface area contributed by atoms with Gasteiger partial charge in [-0.15, -0.1) is 0 Å². The summed E-state index contributed by atoms with van der Waals surface area (Å²) in [6.45, 7) is 0. The molecule has 1 aromatic carbocycles. The highest BCUT2D eigenvalue weighted by Gasteiger charge is 2.36. The van der Waals surface area contributed by atoms with E-state index >= 15 is 0 Å². The van der Waals surface area contributed by atoms with Crippen LogP contribution in [0.4, 0.5) is 18.9 Å². The molecule has 0 radical (unpaired) electrons. The quantitative estimate of drug-likeness (QED) is 0.853. The van der Waals surface area contributed by atoms with Crippen molar-refractivity contribution in [2.45, 2.75) is 6.18 Å². The van der Waals surface area contributed by atoms with Gasteiger partial charge >= 0.3 is 6.18 Å². The van der Waals surface area contributed by atoms with Crippen LogP contribution in [-0.4, -0.2) is 24.1 Å². The number of alkyl halides is 3. The van der Waals surface area contributed by atoms with E-state index in [-0.39, 0.29) is 5.70 Å². The van der Waals surface area contributed by atoms with Gasteiger partial charge in [0.25, 0.3) is 5.78 Å². The molecule has 120 valence electrons. The average Bonchev–Trinajstić information content (AvgIpc) is 2.54. The first-order valence-electron chi connectivity index (χ1n) is 6.54. The van der Waals surface area contributed by atoms with Crippen molar-refractivity contribution in [3.8, 4) is 5.75 Å². The zero-order valence-electron chi connectivity index (χ0n) is 12.1. The molecule has 0 aliphatic rings. The number of ketones is 1. The second-order valence-corrected chi connectivity index (χ2v) is 4.51. The van der Waals surface area contributed by atoms with Crippen LogP contribution in [0.25, 0.3) is 5.70 Å². The lowest BCUT2D eigenvalue weighted by atomic mass is 10.1. The van der Waals surface area contributed by atoms with Crippen molar-refractivity contribution in [1.29, 1.82) is 0 Å². The number of hydrogen-bond acceptors (Lipinski definition) is 4. The first-order valence-corrected chi connectivity index (χ1v) is 6.54. The van der Waals surface area contributed by atoms with E-state index in [1.807, 2.05) is 0 Å². The van der Waals surface area contributed by atoms with Gasteiger partial charge in [-0.05, 0) is 24.3 Å². The van der Waals surface area contributed by atoms with E-state index in [2.05, 4.69) is 10.3 Å². The average molecular weight is 322 g/mol. The minimum Gasteiger partial charge on any atom is -0.497 e. The van der Waals surface area contributed by atoms with Gasteiger partial charge in [0.1, 0.15) is 5.75 Å². The van der Waals surface area contributed by atoms with Gasteiger partial charge in [-0.25, -0.2) is 0 Å². The largest absolute Gasteiger partial charge is 0.497 e. The maximum absolute atomic E-state index is 12.5. The zero-order valence-corrected chi connectivity index (χ0v) is 12.1. The van der Waals surface area contributed by atoms with Crippen LogP contribution in [0, 0.1) is 0 Å². The van der Waals surface area contributed by atoms with Crippen LogP contribution >= 0.6 is 0 Å². The number of pyridine rings is 1. The number of hydrogen-bond donors (Lipinski definition) is 1. The first kappa shape index (κ1) is 16.5. The van der Waals surface area contributed by atoms with Crippen LogP contribution in [0.5, 0.6) is 5.75 Å². The van der Waals surface area contributed by atoms with Gasteiger partial charge in [-0.1, -0.05) is 6.07 Å². The number of rotatable bonds is 5. The monoisotopic (exact) mass is 322 g/mol. The number of carbonyl (C=O) groups is 1. The molecule has 2 aromatic rings. The van der Waals surface area contributed by atoms with Gasteiger partial charge in [0.15, 0.2) is 0 Å². The van der Waals surface area contributed by atoms with Gasteiger partial charge in [0.05, 0.1) is 7.11 Å². The minimum absolute atomic E-state index is 0.0166. The number of ether oxygens (including phenoxy) is 1. The highest BCUT2D eigenvalue weighted by Crippen LogP contribution is 2.24.